The van der Waals surface area contributed by atoms with Crippen molar-refractivity contribution in [3.05, 3.63) is 88.4 Å². The minimum absolute atomic E-state index is 0.104. The van der Waals surface area contributed by atoms with Crippen molar-refractivity contribution in [3.8, 4) is 5.75 Å². The number of carbonyl (C=O) groups excluding carboxylic acids is 3. The number of amides is 2. The van der Waals surface area contributed by atoms with E-state index in [-0.39, 0.29) is 30.2 Å². The molecule has 1 fully saturated rings. The monoisotopic (exact) mass is 532 g/mol. The molecule has 2 aromatic rings. The van der Waals surface area contributed by atoms with Crippen molar-refractivity contribution < 1.29 is 23.9 Å². The van der Waals surface area contributed by atoms with E-state index in [1.165, 1.54) is 23.8 Å². The molecule has 5 rings (SSSR count). The van der Waals surface area contributed by atoms with Crippen molar-refractivity contribution in [3.63, 3.8) is 0 Å². The molecule has 8 heteroatoms. The van der Waals surface area contributed by atoms with Crippen LogP contribution in [0.15, 0.2) is 77.2 Å². The summed E-state index contributed by atoms with van der Waals surface area (Å²) in [5.74, 6) is -0.185. The van der Waals surface area contributed by atoms with Crippen LogP contribution < -0.4 is 10.1 Å². The molecular weight excluding hydrogens is 500 g/mol. The van der Waals surface area contributed by atoms with Gasteiger partial charge in [-0.05, 0) is 66.3 Å². The Bertz CT molecular complexity index is 1240. The van der Waals surface area contributed by atoms with Gasteiger partial charge in [-0.3, -0.25) is 9.59 Å². The summed E-state index contributed by atoms with van der Waals surface area (Å²) in [5.41, 5.74) is 3.90. The second kappa shape index (κ2) is 11.9. The number of hydrogen-bond acceptors (Lipinski definition) is 6. The van der Waals surface area contributed by atoms with E-state index in [9.17, 15) is 14.4 Å². The molecule has 1 saturated heterocycles. The summed E-state index contributed by atoms with van der Waals surface area (Å²) in [5, 5.41) is 4.54. The highest BCUT2D eigenvalue weighted by atomic mass is 32.2. The van der Waals surface area contributed by atoms with Crippen LogP contribution in [0.2, 0.25) is 0 Å². The van der Waals surface area contributed by atoms with Crippen LogP contribution in [0.4, 0.5) is 0 Å². The molecule has 2 aliphatic heterocycles. The summed E-state index contributed by atoms with van der Waals surface area (Å²) in [4.78, 5) is 41.0. The number of rotatable bonds is 9. The first-order valence-corrected chi connectivity index (χ1v) is 13.9. The Kier molecular flexibility index (Phi) is 8.17. The molecule has 198 valence electrons. The summed E-state index contributed by atoms with van der Waals surface area (Å²) in [6, 6.07) is 15.3. The average molecular weight is 533 g/mol. The number of carbonyl (C=O) groups is 3. The number of benzene rings is 2. The normalized spacial score (nSPS) is 22.4. The van der Waals surface area contributed by atoms with Gasteiger partial charge in [-0.1, -0.05) is 54.1 Å². The summed E-state index contributed by atoms with van der Waals surface area (Å²) in [6.45, 7) is 0.104. The third kappa shape index (κ3) is 5.80. The fourth-order valence-corrected chi connectivity index (χ4v) is 6.35. The van der Waals surface area contributed by atoms with Gasteiger partial charge in [0.05, 0.1) is 13.5 Å². The molecule has 0 aromatic heterocycles. The zero-order valence-electron chi connectivity index (χ0n) is 21.4. The van der Waals surface area contributed by atoms with Gasteiger partial charge in [-0.25, -0.2) is 4.79 Å². The second-order valence-corrected chi connectivity index (χ2v) is 10.8. The molecule has 2 heterocycles. The third-order valence-electron chi connectivity index (χ3n) is 7.17. The third-order valence-corrected chi connectivity index (χ3v) is 8.39. The number of thioether (sulfide) groups is 1. The average Bonchev–Trinajstić information content (AvgIpc) is 2.95. The van der Waals surface area contributed by atoms with Gasteiger partial charge in [0.1, 0.15) is 23.8 Å². The van der Waals surface area contributed by atoms with Crippen molar-refractivity contribution in [2.24, 2.45) is 0 Å². The molecule has 0 spiro atoms. The number of nitrogens with zero attached hydrogens (tertiary/aromatic N) is 1. The number of β-lactam (4-membered cyclic amide) rings is 1. The molecule has 7 nitrogen and oxygen atoms in total. The molecule has 3 aliphatic rings. The van der Waals surface area contributed by atoms with E-state index in [0.29, 0.717) is 6.42 Å². The van der Waals surface area contributed by atoms with Crippen molar-refractivity contribution in [2.45, 2.75) is 62.6 Å². The minimum atomic E-state index is -0.794. The molecule has 0 radical (unpaired) electrons. The molecule has 3 atom stereocenters. The molecule has 0 saturated carbocycles. The van der Waals surface area contributed by atoms with Crippen LogP contribution in [-0.4, -0.2) is 47.3 Å². The van der Waals surface area contributed by atoms with Crippen LogP contribution in [0.3, 0.4) is 0 Å². The number of esters is 1. The highest BCUT2D eigenvalue weighted by Gasteiger charge is 2.56. The maximum absolute atomic E-state index is 13.5. The Balaban J connectivity index is 1.29. The lowest BCUT2D eigenvalue weighted by Crippen LogP contribution is -2.74. The first-order chi connectivity index (χ1) is 18.5. The predicted molar refractivity (Wildman–Crippen MR) is 146 cm³/mol. The number of hydrogen-bond donors (Lipinski definition) is 1. The van der Waals surface area contributed by atoms with Gasteiger partial charge in [0.25, 0.3) is 0 Å². The summed E-state index contributed by atoms with van der Waals surface area (Å²) in [6.07, 6.45) is 7.47. The van der Waals surface area contributed by atoms with E-state index < -0.39 is 18.1 Å². The molecule has 2 aromatic carbocycles. The Morgan fingerprint density at radius 3 is 2.55 bits per heavy atom. The van der Waals surface area contributed by atoms with Crippen molar-refractivity contribution >= 4 is 29.5 Å². The highest BCUT2D eigenvalue weighted by molar-refractivity contribution is 8.02. The van der Waals surface area contributed by atoms with E-state index in [4.69, 9.17) is 9.47 Å². The van der Waals surface area contributed by atoms with E-state index in [1.807, 2.05) is 60.0 Å². The molecule has 1 N–H and O–H groups in total. The van der Waals surface area contributed by atoms with Gasteiger partial charge < -0.3 is 19.7 Å². The summed E-state index contributed by atoms with van der Waals surface area (Å²) < 4.78 is 10.9. The Hall–Kier alpha value is -3.52. The fourth-order valence-electron chi connectivity index (χ4n) is 5.13. The van der Waals surface area contributed by atoms with E-state index in [2.05, 4.69) is 11.4 Å². The Labute approximate surface area is 227 Å². The quantitative estimate of drug-likeness (QED) is 0.290. The van der Waals surface area contributed by atoms with E-state index in [1.54, 1.807) is 12.0 Å². The minimum Gasteiger partial charge on any atom is -0.497 e. The van der Waals surface area contributed by atoms with E-state index in [0.717, 1.165) is 41.7 Å². The first kappa shape index (κ1) is 26.1. The van der Waals surface area contributed by atoms with Crippen LogP contribution in [0.1, 0.15) is 43.2 Å². The van der Waals surface area contributed by atoms with Gasteiger partial charge in [0.2, 0.25) is 11.8 Å². The predicted octanol–water partition coefficient (Wildman–Crippen LogP) is 4.52. The summed E-state index contributed by atoms with van der Waals surface area (Å²) in [7, 11) is 1.60. The largest absolute Gasteiger partial charge is 0.497 e. The smallest absolute Gasteiger partial charge is 0.333 e. The number of allylic oxidation sites excluding steroid dienone is 2. The standard InChI is InChI=1S/C30H32N2O5S/c1-36-24-14-12-22(13-15-24)18-37-30(35)27-23(16-20-8-4-2-5-9-20)19-38-29-26(28(34)32(27)29)31-25(33)17-21-10-6-3-7-11-21/h3,6-8,10-15,19,26-27,29H,2,4-5,9,16-18H2,1H3,(H,31,33)/t26-,27?,29-/m1/s1. The number of methoxy groups -OCH3 is 1. The molecular formula is C30H32N2O5S. The maximum atomic E-state index is 13.5. The lowest BCUT2D eigenvalue weighted by molar-refractivity contribution is -0.164. The number of nitrogens with one attached hydrogen (secondary N) is 1. The zero-order chi connectivity index (χ0) is 26.5. The number of ether oxygens (including phenoxy) is 2. The first-order valence-electron chi connectivity index (χ1n) is 13.0. The second-order valence-electron chi connectivity index (χ2n) is 9.82. The van der Waals surface area contributed by atoms with Gasteiger partial charge in [-0.2, -0.15) is 0 Å². The summed E-state index contributed by atoms with van der Waals surface area (Å²) >= 11 is 1.49. The zero-order valence-corrected chi connectivity index (χ0v) is 22.2. The molecule has 2 amide bonds. The van der Waals surface area contributed by atoms with Gasteiger partial charge in [0, 0.05) is 0 Å². The molecule has 38 heavy (non-hydrogen) atoms. The van der Waals surface area contributed by atoms with Crippen LogP contribution in [0.25, 0.3) is 0 Å². The van der Waals surface area contributed by atoms with Crippen LogP contribution in [-0.2, 0) is 32.1 Å². The molecule has 0 bridgehead atoms. The van der Waals surface area contributed by atoms with Gasteiger partial charge >= 0.3 is 5.97 Å². The van der Waals surface area contributed by atoms with Crippen LogP contribution in [0.5, 0.6) is 5.75 Å². The fraction of sp³-hybridized carbons (Fsp3) is 0.367. The van der Waals surface area contributed by atoms with E-state index >= 15 is 0 Å². The van der Waals surface area contributed by atoms with Crippen molar-refractivity contribution in [1.82, 2.24) is 10.2 Å². The SMILES string of the molecule is COc1ccc(COC(=O)C2C(CC3=CCCCC3)=CS[C@@H]3[C@H](NC(=O)Cc4ccccc4)C(=O)N23)cc1. The topological polar surface area (TPSA) is 84.9 Å². The molecule has 1 unspecified atom stereocenters. The van der Waals surface area contributed by atoms with Crippen LogP contribution >= 0.6 is 11.8 Å². The van der Waals surface area contributed by atoms with Gasteiger partial charge in [0.15, 0.2) is 6.04 Å². The Morgan fingerprint density at radius 1 is 1.05 bits per heavy atom. The lowest BCUT2D eigenvalue weighted by atomic mass is 9.89. The van der Waals surface area contributed by atoms with Gasteiger partial charge in [-0.15, -0.1) is 11.8 Å². The highest BCUT2D eigenvalue weighted by Crippen LogP contribution is 2.42. The van der Waals surface area contributed by atoms with Crippen LogP contribution in [0, 0.1) is 0 Å². The lowest BCUT2D eigenvalue weighted by Gasteiger charge is -2.52. The maximum Gasteiger partial charge on any atom is 0.333 e. The number of fused-ring (bicyclic) bond motifs is 1. The Morgan fingerprint density at radius 2 is 1.84 bits per heavy atom. The molecule has 1 aliphatic carbocycles. The van der Waals surface area contributed by atoms with Crippen molar-refractivity contribution in [2.75, 3.05) is 7.11 Å². The van der Waals surface area contributed by atoms with Crippen molar-refractivity contribution in [1.29, 1.82) is 0 Å².